The summed E-state index contributed by atoms with van der Waals surface area (Å²) in [6.07, 6.45) is -3.62. The summed E-state index contributed by atoms with van der Waals surface area (Å²) >= 11 is 0. The summed E-state index contributed by atoms with van der Waals surface area (Å²) in [5.74, 6) is -1.28. The monoisotopic (exact) mass is 377 g/mol. The molecule has 144 valence electrons. The summed E-state index contributed by atoms with van der Waals surface area (Å²) in [5, 5.41) is 0. The van der Waals surface area contributed by atoms with E-state index in [2.05, 4.69) is 0 Å². The fraction of sp³-hybridized carbons (Fsp3) is 0.381. The van der Waals surface area contributed by atoms with E-state index in [9.17, 15) is 18.0 Å². The number of benzene rings is 2. The van der Waals surface area contributed by atoms with Gasteiger partial charge in [0.1, 0.15) is 6.54 Å². The fourth-order valence-corrected chi connectivity index (χ4v) is 3.51. The zero-order chi connectivity index (χ0) is 19.3. The number of rotatable bonds is 5. The van der Waals surface area contributed by atoms with Gasteiger partial charge in [-0.15, -0.1) is 0 Å². The number of carbonyl (C=O) groups excluding carboxylic acids is 1. The molecule has 6 heteroatoms. The van der Waals surface area contributed by atoms with Crippen LogP contribution in [0.4, 0.5) is 13.2 Å². The van der Waals surface area contributed by atoms with Crippen molar-refractivity contribution < 1.29 is 22.7 Å². The first-order chi connectivity index (χ1) is 13.0. The lowest BCUT2D eigenvalue weighted by Crippen LogP contribution is -2.49. The molecule has 3 nitrogen and oxygen atoms in total. The van der Waals surface area contributed by atoms with Crippen molar-refractivity contribution >= 4 is 5.91 Å². The number of amides is 1. The Bertz CT molecular complexity index is 689. The Morgan fingerprint density at radius 1 is 0.963 bits per heavy atom. The Kier molecular flexibility index (Phi) is 6.16. The van der Waals surface area contributed by atoms with E-state index in [0.29, 0.717) is 37.2 Å². The molecule has 0 spiro atoms. The van der Waals surface area contributed by atoms with E-state index < -0.39 is 30.6 Å². The van der Waals surface area contributed by atoms with Crippen LogP contribution in [0.1, 0.15) is 29.9 Å². The standard InChI is InChI=1S/C21H22F3NO2/c22-21(23,24)15-25(18-11-13-27-14-12-18)20(26)19(16-7-3-1-4-8-16)17-9-5-2-6-10-17/h1-10,18-19H,11-15H2. The maximum Gasteiger partial charge on any atom is 0.406 e. The molecule has 2 aromatic rings. The lowest BCUT2D eigenvalue weighted by Gasteiger charge is -2.37. The highest BCUT2D eigenvalue weighted by molar-refractivity contribution is 5.87. The van der Waals surface area contributed by atoms with E-state index in [-0.39, 0.29) is 0 Å². The van der Waals surface area contributed by atoms with Gasteiger partial charge in [-0.25, -0.2) is 0 Å². The van der Waals surface area contributed by atoms with Gasteiger partial charge >= 0.3 is 6.18 Å². The van der Waals surface area contributed by atoms with E-state index >= 15 is 0 Å². The number of halogens is 3. The maximum absolute atomic E-state index is 13.4. The molecule has 0 radical (unpaired) electrons. The van der Waals surface area contributed by atoms with Gasteiger partial charge in [0.2, 0.25) is 5.91 Å². The van der Waals surface area contributed by atoms with Crippen LogP contribution in [0.25, 0.3) is 0 Å². The lowest BCUT2D eigenvalue weighted by molar-refractivity contribution is -0.169. The fourth-order valence-electron chi connectivity index (χ4n) is 3.51. The SMILES string of the molecule is O=C(C(c1ccccc1)c1ccccc1)N(CC(F)(F)F)C1CCOCC1. The summed E-state index contributed by atoms with van der Waals surface area (Å²) in [6.45, 7) is -0.506. The minimum Gasteiger partial charge on any atom is -0.381 e. The van der Waals surface area contributed by atoms with Gasteiger partial charge < -0.3 is 9.64 Å². The summed E-state index contributed by atoms with van der Waals surface area (Å²) in [5.41, 5.74) is 1.38. The predicted molar refractivity (Wildman–Crippen MR) is 96.3 cm³/mol. The number of carbonyl (C=O) groups is 1. The average Bonchev–Trinajstić information content (AvgIpc) is 2.68. The van der Waals surface area contributed by atoms with Crippen molar-refractivity contribution in [1.29, 1.82) is 0 Å². The van der Waals surface area contributed by atoms with Gasteiger partial charge in [0.15, 0.2) is 0 Å². The topological polar surface area (TPSA) is 29.5 Å². The number of alkyl halides is 3. The van der Waals surface area contributed by atoms with Gasteiger partial charge in [0, 0.05) is 19.3 Å². The molecule has 1 aliphatic heterocycles. The third-order valence-corrected chi connectivity index (χ3v) is 4.78. The molecule has 0 unspecified atom stereocenters. The smallest absolute Gasteiger partial charge is 0.381 e. The van der Waals surface area contributed by atoms with E-state index in [1.54, 1.807) is 48.5 Å². The summed E-state index contributed by atoms with van der Waals surface area (Å²) in [7, 11) is 0. The molecule has 1 saturated heterocycles. The Labute approximate surface area is 156 Å². The molecule has 2 aromatic carbocycles. The Morgan fingerprint density at radius 3 is 1.89 bits per heavy atom. The van der Waals surface area contributed by atoms with Crippen molar-refractivity contribution in [3.63, 3.8) is 0 Å². The molecular formula is C21H22F3NO2. The van der Waals surface area contributed by atoms with Gasteiger partial charge in [-0.05, 0) is 24.0 Å². The second kappa shape index (κ2) is 8.57. The van der Waals surface area contributed by atoms with E-state index in [1.807, 2.05) is 12.1 Å². The van der Waals surface area contributed by atoms with Crippen LogP contribution < -0.4 is 0 Å². The predicted octanol–water partition coefficient (Wildman–Crippen LogP) is 4.39. The zero-order valence-corrected chi connectivity index (χ0v) is 14.9. The first-order valence-electron chi connectivity index (χ1n) is 9.00. The Morgan fingerprint density at radius 2 is 1.44 bits per heavy atom. The van der Waals surface area contributed by atoms with Gasteiger partial charge in [-0.3, -0.25) is 4.79 Å². The van der Waals surface area contributed by atoms with Crippen molar-refractivity contribution in [1.82, 2.24) is 4.90 Å². The summed E-state index contributed by atoms with van der Waals surface area (Å²) in [6, 6.07) is 17.5. The second-order valence-corrected chi connectivity index (χ2v) is 6.68. The van der Waals surface area contributed by atoms with E-state index in [1.165, 1.54) is 0 Å². The van der Waals surface area contributed by atoms with Gasteiger partial charge in [-0.1, -0.05) is 60.7 Å². The van der Waals surface area contributed by atoms with Crippen molar-refractivity contribution in [3.05, 3.63) is 71.8 Å². The molecule has 27 heavy (non-hydrogen) atoms. The van der Waals surface area contributed by atoms with E-state index in [0.717, 1.165) is 4.90 Å². The molecule has 0 N–H and O–H groups in total. The minimum atomic E-state index is -4.45. The zero-order valence-electron chi connectivity index (χ0n) is 14.9. The highest BCUT2D eigenvalue weighted by atomic mass is 19.4. The van der Waals surface area contributed by atoms with E-state index in [4.69, 9.17) is 4.74 Å². The first-order valence-corrected chi connectivity index (χ1v) is 9.00. The maximum atomic E-state index is 13.4. The van der Waals surface area contributed by atoms with Crippen LogP contribution in [0, 0.1) is 0 Å². The summed E-state index contributed by atoms with van der Waals surface area (Å²) in [4.78, 5) is 14.4. The molecule has 0 atom stereocenters. The minimum absolute atomic E-state index is 0.369. The molecule has 1 heterocycles. The lowest BCUT2D eigenvalue weighted by atomic mass is 9.89. The molecule has 0 aliphatic carbocycles. The largest absolute Gasteiger partial charge is 0.406 e. The summed E-state index contributed by atoms with van der Waals surface area (Å²) < 4.78 is 45.1. The molecule has 0 saturated carbocycles. The Balaban J connectivity index is 1.98. The van der Waals surface area contributed by atoms with Crippen molar-refractivity contribution in [2.45, 2.75) is 31.0 Å². The Hall–Kier alpha value is -2.34. The average molecular weight is 377 g/mol. The van der Waals surface area contributed by atoms with Crippen LogP contribution in [0.3, 0.4) is 0 Å². The second-order valence-electron chi connectivity index (χ2n) is 6.68. The molecule has 1 fully saturated rings. The first kappa shape index (κ1) is 19.4. The third-order valence-electron chi connectivity index (χ3n) is 4.78. The highest BCUT2D eigenvalue weighted by Gasteiger charge is 2.40. The molecule has 1 aliphatic rings. The third kappa shape index (κ3) is 5.10. The van der Waals surface area contributed by atoms with Crippen LogP contribution in [-0.2, 0) is 9.53 Å². The molecular weight excluding hydrogens is 355 g/mol. The van der Waals surface area contributed by atoms with Gasteiger partial charge in [-0.2, -0.15) is 13.2 Å². The van der Waals surface area contributed by atoms with Crippen LogP contribution in [0.5, 0.6) is 0 Å². The number of hydrogen-bond acceptors (Lipinski definition) is 2. The number of ether oxygens (including phenoxy) is 1. The molecule has 0 aromatic heterocycles. The van der Waals surface area contributed by atoms with Crippen molar-refractivity contribution in [2.24, 2.45) is 0 Å². The highest BCUT2D eigenvalue weighted by Crippen LogP contribution is 2.31. The number of nitrogens with zero attached hydrogens (tertiary/aromatic N) is 1. The van der Waals surface area contributed by atoms with Crippen molar-refractivity contribution in [3.8, 4) is 0 Å². The van der Waals surface area contributed by atoms with Gasteiger partial charge in [0.25, 0.3) is 0 Å². The molecule has 3 rings (SSSR count). The normalized spacial score (nSPS) is 15.7. The van der Waals surface area contributed by atoms with Crippen LogP contribution in [-0.4, -0.2) is 42.8 Å². The van der Waals surface area contributed by atoms with Crippen LogP contribution in [0.15, 0.2) is 60.7 Å². The van der Waals surface area contributed by atoms with Crippen molar-refractivity contribution in [2.75, 3.05) is 19.8 Å². The van der Waals surface area contributed by atoms with Crippen LogP contribution >= 0.6 is 0 Å². The number of hydrogen-bond donors (Lipinski definition) is 0. The molecule has 1 amide bonds. The molecule has 0 bridgehead atoms. The van der Waals surface area contributed by atoms with Crippen LogP contribution in [0.2, 0.25) is 0 Å². The van der Waals surface area contributed by atoms with Gasteiger partial charge in [0.05, 0.1) is 5.92 Å². The quantitative estimate of drug-likeness (QED) is 0.774.